The predicted molar refractivity (Wildman–Crippen MR) is 82.4 cm³/mol. The first-order chi connectivity index (χ1) is 8.41. The van der Waals surface area contributed by atoms with E-state index in [4.69, 9.17) is 5.73 Å². The van der Waals surface area contributed by atoms with Crippen molar-refractivity contribution in [3.8, 4) is 0 Å². The number of carbonyl (C=O) groups is 1. The third kappa shape index (κ3) is 5.62. The Morgan fingerprint density at radius 2 is 1.74 bits per heavy atom. The van der Waals surface area contributed by atoms with Crippen LogP contribution in [0.15, 0.2) is 24.3 Å². The standard InChI is InChI=1S/C15H24N2O.ClH/c1-10(2)12(4)9-17-15(18)14(16)13-7-5-11(3)6-8-13;/h5-8,10,12,14H,9,16H2,1-4H3,(H,17,18);1H. The largest absolute Gasteiger partial charge is 0.354 e. The van der Waals surface area contributed by atoms with Crippen molar-refractivity contribution in [2.45, 2.75) is 33.7 Å². The van der Waals surface area contributed by atoms with Crippen LogP contribution in [0.5, 0.6) is 0 Å². The quantitative estimate of drug-likeness (QED) is 0.873. The molecule has 1 amide bonds. The minimum Gasteiger partial charge on any atom is -0.354 e. The Kier molecular flexibility index (Phi) is 7.72. The molecule has 2 atom stereocenters. The van der Waals surface area contributed by atoms with E-state index >= 15 is 0 Å². The second-order valence-corrected chi connectivity index (χ2v) is 5.35. The van der Waals surface area contributed by atoms with E-state index in [0.29, 0.717) is 18.4 Å². The first-order valence-electron chi connectivity index (χ1n) is 6.51. The molecule has 0 aromatic heterocycles. The van der Waals surface area contributed by atoms with Crippen LogP contribution in [-0.2, 0) is 4.79 Å². The average molecular weight is 285 g/mol. The van der Waals surface area contributed by atoms with E-state index < -0.39 is 6.04 Å². The van der Waals surface area contributed by atoms with Gasteiger partial charge < -0.3 is 11.1 Å². The molecule has 0 fully saturated rings. The van der Waals surface area contributed by atoms with E-state index in [0.717, 1.165) is 5.56 Å². The van der Waals surface area contributed by atoms with Crippen molar-refractivity contribution in [1.29, 1.82) is 0 Å². The summed E-state index contributed by atoms with van der Waals surface area (Å²) in [6.45, 7) is 9.12. The zero-order valence-corrected chi connectivity index (χ0v) is 13.0. The van der Waals surface area contributed by atoms with Crippen molar-refractivity contribution in [3.05, 3.63) is 35.4 Å². The van der Waals surface area contributed by atoms with Gasteiger partial charge in [-0.05, 0) is 24.3 Å². The number of amides is 1. The molecule has 4 heteroatoms. The lowest BCUT2D eigenvalue weighted by Gasteiger charge is -2.18. The Morgan fingerprint density at radius 3 is 2.21 bits per heavy atom. The Hall–Kier alpha value is -1.06. The highest BCUT2D eigenvalue weighted by Crippen LogP contribution is 2.12. The number of halogens is 1. The van der Waals surface area contributed by atoms with Crippen molar-refractivity contribution in [2.75, 3.05) is 6.54 Å². The summed E-state index contributed by atoms with van der Waals surface area (Å²) >= 11 is 0. The van der Waals surface area contributed by atoms with Crippen LogP contribution in [0, 0.1) is 18.8 Å². The minimum atomic E-state index is -0.579. The highest BCUT2D eigenvalue weighted by molar-refractivity contribution is 5.85. The maximum atomic E-state index is 11.9. The molecule has 108 valence electrons. The molecule has 0 aliphatic rings. The van der Waals surface area contributed by atoms with Crippen molar-refractivity contribution >= 4 is 18.3 Å². The van der Waals surface area contributed by atoms with Gasteiger partial charge in [0, 0.05) is 6.54 Å². The van der Waals surface area contributed by atoms with Crippen molar-refractivity contribution in [2.24, 2.45) is 17.6 Å². The van der Waals surface area contributed by atoms with Crippen LogP contribution in [0.3, 0.4) is 0 Å². The Balaban J connectivity index is 0.00000324. The van der Waals surface area contributed by atoms with Gasteiger partial charge in [-0.3, -0.25) is 4.79 Å². The molecular weight excluding hydrogens is 260 g/mol. The number of hydrogen-bond acceptors (Lipinski definition) is 2. The van der Waals surface area contributed by atoms with Crippen LogP contribution in [0.25, 0.3) is 0 Å². The molecule has 0 spiro atoms. The fraction of sp³-hybridized carbons (Fsp3) is 0.533. The topological polar surface area (TPSA) is 55.1 Å². The molecule has 0 saturated heterocycles. The van der Waals surface area contributed by atoms with Crippen molar-refractivity contribution < 1.29 is 4.79 Å². The summed E-state index contributed by atoms with van der Waals surface area (Å²) in [5, 5.41) is 2.91. The second kappa shape index (κ2) is 8.18. The predicted octanol–water partition coefficient (Wildman–Crippen LogP) is 2.82. The highest BCUT2D eigenvalue weighted by atomic mass is 35.5. The maximum absolute atomic E-state index is 11.9. The Labute approximate surface area is 122 Å². The van der Waals surface area contributed by atoms with Crippen LogP contribution >= 0.6 is 12.4 Å². The first-order valence-corrected chi connectivity index (χ1v) is 6.51. The number of benzene rings is 1. The van der Waals surface area contributed by atoms with Gasteiger partial charge in [0.15, 0.2) is 0 Å². The molecule has 0 radical (unpaired) electrons. The molecule has 0 aliphatic carbocycles. The fourth-order valence-corrected chi connectivity index (χ4v) is 1.53. The normalized spacial score (nSPS) is 13.6. The number of carbonyl (C=O) groups excluding carboxylic acids is 1. The molecule has 3 nitrogen and oxygen atoms in total. The minimum absolute atomic E-state index is 0. The van der Waals surface area contributed by atoms with Crippen LogP contribution in [-0.4, -0.2) is 12.5 Å². The average Bonchev–Trinajstić information content (AvgIpc) is 2.35. The third-order valence-corrected chi connectivity index (χ3v) is 3.46. The molecule has 0 heterocycles. The third-order valence-electron chi connectivity index (χ3n) is 3.46. The molecule has 1 rings (SSSR count). The molecule has 0 bridgehead atoms. The number of hydrogen-bond donors (Lipinski definition) is 2. The summed E-state index contributed by atoms with van der Waals surface area (Å²) in [6.07, 6.45) is 0. The number of nitrogens with two attached hydrogens (primary N) is 1. The van der Waals surface area contributed by atoms with Crippen LogP contribution in [0.2, 0.25) is 0 Å². The number of nitrogens with one attached hydrogen (secondary N) is 1. The highest BCUT2D eigenvalue weighted by Gasteiger charge is 2.16. The van der Waals surface area contributed by atoms with Crippen molar-refractivity contribution in [3.63, 3.8) is 0 Å². The van der Waals surface area contributed by atoms with Gasteiger partial charge in [-0.2, -0.15) is 0 Å². The molecule has 19 heavy (non-hydrogen) atoms. The van der Waals surface area contributed by atoms with Gasteiger partial charge in [0.1, 0.15) is 6.04 Å². The lowest BCUT2D eigenvalue weighted by molar-refractivity contribution is -0.122. The van der Waals surface area contributed by atoms with E-state index in [1.54, 1.807) is 0 Å². The number of aryl methyl sites for hydroxylation is 1. The molecular formula is C15H25ClN2O. The summed E-state index contributed by atoms with van der Waals surface area (Å²) in [7, 11) is 0. The summed E-state index contributed by atoms with van der Waals surface area (Å²) in [4.78, 5) is 11.9. The summed E-state index contributed by atoms with van der Waals surface area (Å²) < 4.78 is 0. The van der Waals surface area contributed by atoms with E-state index in [9.17, 15) is 4.79 Å². The Bertz CT molecular complexity index is 390. The van der Waals surface area contributed by atoms with E-state index in [-0.39, 0.29) is 18.3 Å². The SMILES string of the molecule is Cc1ccc(C(N)C(=O)NCC(C)C(C)C)cc1.Cl. The zero-order chi connectivity index (χ0) is 13.7. The van der Waals surface area contributed by atoms with Crippen LogP contribution in [0.1, 0.15) is 37.9 Å². The van der Waals surface area contributed by atoms with Crippen LogP contribution in [0.4, 0.5) is 0 Å². The molecule has 1 aromatic carbocycles. The van der Waals surface area contributed by atoms with Gasteiger partial charge in [0.2, 0.25) is 5.91 Å². The fourth-order valence-electron chi connectivity index (χ4n) is 1.53. The van der Waals surface area contributed by atoms with E-state index in [2.05, 4.69) is 26.1 Å². The van der Waals surface area contributed by atoms with Gasteiger partial charge >= 0.3 is 0 Å². The molecule has 0 saturated carbocycles. The van der Waals surface area contributed by atoms with Gasteiger partial charge in [-0.15, -0.1) is 12.4 Å². The van der Waals surface area contributed by atoms with Gasteiger partial charge in [-0.1, -0.05) is 50.6 Å². The number of rotatable bonds is 5. The maximum Gasteiger partial charge on any atom is 0.241 e. The summed E-state index contributed by atoms with van der Waals surface area (Å²) in [5.41, 5.74) is 7.96. The van der Waals surface area contributed by atoms with Crippen molar-refractivity contribution in [1.82, 2.24) is 5.32 Å². The monoisotopic (exact) mass is 284 g/mol. The molecule has 3 N–H and O–H groups in total. The smallest absolute Gasteiger partial charge is 0.241 e. The van der Waals surface area contributed by atoms with Gasteiger partial charge in [0.25, 0.3) is 0 Å². The van der Waals surface area contributed by atoms with Gasteiger partial charge in [0.05, 0.1) is 0 Å². The Morgan fingerprint density at radius 1 is 1.21 bits per heavy atom. The summed E-state index contributed by atoms with van der Waals surface area (Å²) in [5.74, 6) is 0.909. The first kappa shape index (κ1) is 17.9. The molecule has 1 aromatic rings. The van der Waals surface area contributed by atoms with E-state index in [1.165, 1.54) is 5.56 Å². The zero-order valence-electron chi connectivity index (χ0n) is 12.1. The lowest BCUT2D eigenvalue weighted by Crippen LogP contribution is -2.37. The molecule has 0 aliphatic heterocycles. The lowest BCUT2D eigenvalue weighted by atomic mass is 9.98. The summed E-state index contributed by atoms with van der Waals surface area (Å²) in [6, 6.07) is 7.18. The van der Waals surface area contributed by atoms with E-state index in [1.807, 2.05) is 31.2 Å². The van der Waals surface area contributed by atoms with Crippen LogP contribution < -0.4 is 11.1 Å². The second-order valence-electron chi connectivity index (χ2n) is 5.35. The molecule has 2 unspecified atom stereocenters. The van der Waals surface area contributed by atoms with Gasteiger partial charge in [-0.25, -0.2) is 0 Å².